The average molecular weight is 453 g/mol. The summed E-state index contributed by atoms with van der Waals surface area (Å²) in [7, 11) is 1.52. The molecule has 1 aliphatic rings. The number of thioether (sulfide) groups is 1. The summed E-state index contributed by atoms with van der Waals surface area (Å²) < 4.78 is 5.49. The Labute approximate surface area is 186 Å². The zero-order valence-corrected chi connectivity index (χ0v) is 18.9. The second-order valence-electron chi connectivity index (χ2n) is 8.01. The minimum Gasteiger partial charge on any atom is -0.496 e. The molecule has 0 unspecified atom stereocenters. The van der Waals surface area contributed by atoms with E-state index in [-0.39, 0.29) is 6.61 Å². The van der Waals surface area contributed by atoms with Gasteiger partial charge in [0.25, 0.3) is 0 Å². The third kappa shape index (κ3) is 4.79. The van der Waals surface area contributed by atoms with Crippen LogP contribution in [0, 0.1) is 0 Å². The highest BCUT2D eigenvalue weighted by molar-refractivity contribution is 8.00. The fourth-order valence-corrected chi connectivity index (χ4v) is 5.41. The van der Waals surface area contributed by atoms with Crippen molar-refractivity contribution < 1.29 is 25.2 Å². The van der Waals surface area contributed by atoms with Gasteiger partial charge in [0.2, 0.25) is 0 Å². The second-order valence-corrected chi connectivity index (χ2v) is 9.80. The van der Waals surface area contributed by atoms with E-state index in [4.69, 9.17) is 16.3 Å². The topological polar surface area (TPSA) is 90.2 Å². The molecule has 5 nitrogen and oxygen atoms in total. The van der Waals surface area contributed by atoms with Crippen molar-refractivity contribution >= 4 is 23.4 Å². The standard InChI is InChI=1S/C23H29ClO5S/c1-12(2)14-6-4-13(5-7-14)8-15-9-16(18(29-3)10-17(15)24)23-22(28)21(27)20(26)19(11-25)30-23/h4-7,9-10,12,19-23,25-28H,8,11H2,1-3H3/t19-,20-,21+,22-,23+/m1/s1. The van der Waals surface area contributed by atoms with Crippen LogP contribution in [0.3, 0.4) is 0 Å². The van der Waals surface area contributed by atoms with Crippen molar-refractivity contribution in [3.05, 3.63) is 63.7 Å². The zero-order valence-electron chi connectivity index (χ0n) is 17.3. The maximum Gasteiger partial charge on any atom is 0.124 e. The minimum absolute atomic E-state index is 0.308. The molecule has 2 aromatic rings. The normalized spacial score (nSPS) is 26.8. The van der Waals surface area contributed by atoms with Crippen molar-refractivity contribution in [3.8, 4) is 5.75 Å². The maximum absolute atomic E-state index is 10.6. The summed E-state index contributed by atoms with van der Waals surface area (Å²) >= 11 is 7.74. The first-order valence-electron chi connectivity index (χ1n) is 10.0. The largest absolute Gasteiger partial charge is 0.496 e. The van der Waals surface area contributed by atoms with E-state index >= 15 is 0 Å². The number of rotatable bonds is 6. The molecule has 0 aromatic heterocycles. The van der Waals surface area contributed by atoms with E-state index < -0.39 is 28.8 Å². The second kappa shape index (κ2) is 9.90. The highest BCUT2D eigenvalue weighted by Gasteiger charge is 2.44. The maximum atomic E-state index is 10.6. The molecule has 1 fully saturated rings. The number of hydrogen-bond acceptors (Lipinski definition) is 6. The molecule has 0 saturated carbocycles. The molecule has 5 atom stereocenters. The number of halogens is 1. The van der Waals surface area contributed by atoms with Crippen LogP contribution in [0.15, 0.2) is 36.4 Å². The first-order valence-corrected chi connectivity index (χ1v) is 11.3. The number of ether oxygens (including phenoxy) is 1. The van der Waals surface area contributed by atoms with E-state index in [9.17, 15) is 20.4 Å². The Morgan fingerprint density at radius 3 is 2.27 bits per heavy atom. The van der Waals surface area contributed by atoms with Crippen LogP contribution in [0.2, 0.25) is 5.02 Å². The Kier molecular flexibility index (Phi) is 7.71. The number of hydrogen-bond donors (Lipinski definition) is 4. The molecular weight excluding hydrogens is 424 g/mol. The van der Waals surface area contributed by atoms with Crippen LogP contribution >= 0.6 is 23.4 Å². The van der Waals surface area contributed by atoms with Crippen molar-refractivity contribution in [1.82, 2.24) is 0 Å². The average Bonchev–Trinajstić information content (AvgIpc) is 2.74. The Balaban J connectivity index is 1.95. The Morgan fingerprint density at radius 2 is 1.70 bits per heavy atom. The summed E-state index contributed by atoms with van der Waals surface area (Å²) in [6, 6.07) is 12.0. The van der Waals surface area contributed by atoms with Crippen LogP contribution < -0.4 is 4.74 Å². The monoisotopic (exact) mass is 452 g/mol. The Morgan fingerprint density at radius 1 is 1.03 bits per heavy atom. The molecule has 164 valence electrons. The van der Waals surface area contributed by atoms with Gasteiger partial charge in [0.1, 0.15) is 11.9 Å². The molecule has 3 rings (SSSR count). The number of aliphatic hydroxyl groups is 4. The number of benzene rings is 2. The third-order valence-electron chi connectivity index (χ3n) is 5.64. The summed E-state index contributed by atoms with van der Waals surface area (Å²) in [6.45, 7) is 4.00. The van der Waals surface area contributed by atoms with Crippen LogP contribution in [-0.4, -0.2) is 57.7 Å². The van der Waals surface area contributed by atoms with Crippen LogP contribution in [-0.2, 0) is 6.42 Å². The fraction of sp³-hybridized carbons (Fsp3) is 0.478. The molecule has 0 bridgehead atoms. The number of aliphatic hydroxyl groups excluding tert-OH is 4. The van der Waals surface area contributed by atoms with Gasteiger partial charge in [0, 0.05) is 10.6 Å². The molecule has 1 heterocycles. The van der Waals surface area contributed by atoms with Gasteiger partial charge in [-0.2, -0.15) is 0 Å². The molecule has 30 heavy (non-hydrogen) atoms. The van der Waals surface area contributed by atoms with Crippen LogP contribution in [0.25, 0.3) is 0 Å². The minimum atomic E-state index is -1.36. The van der Waals surface area contributed by atoms with E-state index in [0.29, 0.717) is 28.7 Å². The fourth-order valence-electron chi connectivity index (χ4n) is 3.75. The first-order chi connectivity index (χ1) is 14.3. The van der Waals surface area contributed by atoms with E-state index in [1.165, 1.54) is 24.4 Å². The highest BCUT2D eigenvalue weighted by atomic mass is 35.5. The molecule has 1 aliphatic heterocycles. The lowest BCUT2D eigenvalue weighted by Crippen LogP contribution is -2.51. The SMILES string of the molecule is COc1cc(Cl)c(Cc2ccc(C(C)C)cc2)cc1[C@@H]1S[C@H](CO)[C@@H](O)[C@H](O)[C@H]1O. The molecule has 2 aromatic carbocycles. The van der Waals surface area contributed by atoms with Crippen LogP contribution in [0.4, 0.5) is 0 Å². The van der Waals surface area contributed by atoms with Gasteiger partial charge in [-0.3, -0.25) is 0 Å². The molecule has 1 saturated heterocycles. The number of methoxy groups -OCH3 is 1. The molecule has 7 heteroatoms. The van der Waals surface area contributed by atoms with E-state index in [2.05, 4.69) is 38.1 Å². The summed E-state index contributed by atoms with van der Waals surface area (Å²) in [5, 5.41) is 40.0. The molecule has 0 spiro atoms. The van der Waals surface area contributed by atoms with Crippen LogP contribution in [0.5, 0.6) is 5.75 Å². The molecule has 4 N–H and O–H groups in total. The smallest absolute Gasteiger partial charge is 0.124 e. The lowest BCUT2D eigenvalue weighted by atomic mass is 9.93. The molecule has 0 radical (unpaired) electrons. The molecule has 0 aliphatic carbocycles. The van der Waals surface area contributed by atoms with Gasteiger partial charge in [-0.15, -0.1) is 11.8 Å². The predicted octanol–water partition coefficient (Wildman–Crippen LogP) is 3.29. The van der Waals surface area contributed by atoms with Crippen molar-refractivity contribution in [2.45, 2.75) is 55.0 Å². The van der Waals surface area contributed by atoms with Gasteiger partial charge in [0.15, 0.2) is 0 Å². The van der Waals surface area contributed by atoms with Crippen molar-refractivity contribution in [1.29, 1.82) is 0 Å². The third-order valence-corrected chi connectivity index (χ3v) is 7.59. The summed E-state index contributed by atoms with van der Waals surface area (Å²) in [6.07, 6.45) is -3.17. The van der Waals surface area contributed by atoms with Gasteiger partial charge in [0.05, 0.1) is 36.4 Å². The van der Waals surface area contributed by atoms with Gasteiger partial charge < -0.3 is 25.2 Å². The molecule has 0 amide bonds. The van der Waals surface area contributed by atoms with Gasteiger partial charge >= 0.3 is 0 Å². The Hall–Kier alpha value is -1.28. The quantitative estimate of drug-likeness (QED) is 0.537. The van der Waals surface area contributed by atoms with E-state index in [0.717, 1.165) is 11.1 Å². The summed E-state index contributed by atoms with van der Waals surface area (Å²) in [4.78, 5) is 0. The van der Waals surface area contributed by atoms with Crippen molar-refractivity contribution in [3.63, 3.8) is 0 Å². The van der Waals surface area contributed by atoms with Gasteiger partial charge in [-0.1, -0.05) is 49.7 Å². The highest BCUT2D eigenvalue weighted by Crippen LogP contribution is 2.47. The van der Waals surface area contributed by atoms with E-state index in [1.807, 2.05) is 6.07 Å². The zero-order chi connectivity index (χ0) is 22.0. The van der Waals surface area contributed by atoms with Gasteiger partial charge in [-0.25, -0.2) is 0 Å². The molecular formula is C23H29ClO5S. The van der Waals surface area contributed by atoms with Gasteiger partial charge in [-0.05, 0) is 41.2 Å². The first kappa shape index (κ1) is 23.4. The summed E-state index contributed by atoms with van der Waals surface area (Å²) in [5.41, 5.74) is 3.93. The van der Waals surface area contributed by atoms with Crippen molar-refractivity contribution in [2.75, 3.05) is 13.7 Å². The van der Waals surface area contributed by atoms with Crippen molar-refractivity contribution in [2.24, 2.45) is 0 Å². The van der Waals surface area contributed by atoms with E-state index in [1.54, 1.807) is 6.07 Å². The Bertz CT molecular complexity index is 855. The lowest BCUT2D eigenvalue weighted by Gasteiger charge is -2.40. The summed E-state index contributed by atoms with van der Waals surface area (Å²) in [5.74, 6) is 0.956. The van der Waals surface area contributed by atoms with Crippen LogP contribution in [0.1, 0.15) is 47.3 Å². The predicted molar refractivity (Wildman–Crippen MR) is 121 cm³/mol. The lowest BCUT2D eigenvalue weighted by molar-refractivity contribution is -0.0701.